The van der Waals surface area contributed by atoms with Gasteiger partial charge in [-0.1, -0.05) is 6.58 Å². The predicted molar refractivity (Wildman–Crippen MR) is 83.8 cm³/mol. The second kappa shape index (κ2) is 7.38. The Bertz CT molecular complexity index is 537. The zero-order chi connectivity index (χ0) is 15.2. The maximum atomic E-state index is 12.1. The number of rotatable bonds is 9. The van der Waals surface area contributed by atoms with E-state index in [1.54, 1.807) is 19.4 Å². The maximum absolute atomic E-state index is 12.1. The molecule has 0 aliphatic heterocycles. The molecule has 1 fully saturated rings. The fourth-order valence-corrected chi connectivity index (χ4v) is 1.95. The van der Waals surface area contributed by atoms with Crippen LogP contribution < -0.4 is 15.8 Å². The summed E-state index contributed by atoms with van der Waals surface area (Å²) in [5, 5.41) is 7.61. The largest absolute Gasteiger partial charge is 0.383 e. The minimum Gasteiger partial charge on any atom is -0.383 e. The number of nitrogens with zero attached hydrogens (tertiary/aromatic N) is 3. The number of nitrogens with one attached hydrogen (secondary N) is 1. The molecule has 1 saturated carbocycles. The normalized spacial score (nSPS) is 14.2. The Morgan fingerprint density at radius 2 is 2.38 bits per heavy atom. The van der Waals surface area contributed by atoms with Crippen LogP contribution in [0.3, 0.4) is 0 Å². The molecule has 0 bridgehead atoms. The third-order valence-corrected chi connectivity index (χ3v) is 3.52. The lowest BCUT2D eigenvalue weighted by molar-refractivity contribution is 0.206. The molecule has 0 amide bonds. The van der Waals surface area contributed by atoms with Crippen LogP contribution in [0, 0.1) is 0 Å². The Morgan fingerprint density at radius 3 is 3.00 bits per heavy atom. The van der Waals surface area contributed by atoms with Gasteiger partial charge in [0, 0.05) is 39.4 Å². The van der Waals surface area contributed by atoms with E-state index >= 15 is 0 Å². The summed E-state index contributed by atoms with van der Waals surface area (Å²) in [6.07, 6.45) is 4.20. The molecular weight excluding hydrogens is 268 g/mol. The number of hydrogen-bond acceptors (Lipinski definition) is 5. The Balaban J connectivity index is 1.91. The van der Waals surface area contributed by atoms with Crippen molar-refractivity contribution in [2.24, 2.45) is 0 Å². The molecule has 0 radical (unpaired) electrons. The summed E-state index contributed by atoms with van der Waals surface area (Å²) in [4.78, 5) is 14.0. The van der Waals surface area contributed by atoms with Gasteiger partial charge in [-0.3, -0.25) is 4.79 Å². The van der Waals surface area contributed by atoms with Crippen molar-refractivity contribution >= 4 is 5.69 Å². The van der Waals surface area contributed by atoms with Crippen LogP contribution >= 0.6 is 0 Å². The second-order valence-corrected chi connectivity index (χ2v) is 5.53. The third kappa shape index (κ3) is 4.99. The van der Waals surface area contributed by atoms with Gasteiger partial charge in [-0.05, 0) is 18.4 Å². The molecule has 0 unspecified atom stereocenters. The molecule has 1 aromatic rings. The molecule has 0 spiro atoms. The van der Waals surface area contributed by atoms with Crippen LogP contribution in [0.25, 0.3) is 0 Å². The van der Waals surface area contributed by atoms with Crippen LogP contribution in [0.15, 0.2) is 29.2 Å². The van der Waals surface area contributed by atoms with Crippen molar-refractivity contribution in [3.63, 3.8) is 0 Å². The van der Waals surface area contributed by atoms with E-state index in [1.165, 1.54) is 17.5 Å². The van der Waals surface area contributed by atoms with Gasteiger partial charge in [0.25, 0.3) is 5.56 Å². The molecule has 1 aliphatic rings. The summed E-state index contributed by atoms with van der Waals surface area (Å²) in [5.74, 6) is 0. The molecule has 21 heavy (non-hydrogen) atoms. The first kappa shape index (κ1) is 15.7. The van der Waals surface area contributed by atoms with Gasteiger partial charge >= 0.3 is 0 Å². The van der Waals surface area contributed by atoms with Crippen molar-refractivity contribution in [1.82, 2.24) is 15.1 Å². The standard InChI is InChI=1S/C15H24N4O2/c1-12(9-16-13-4-5-13)11-19-15(20)8-14(10-17-19)18(2)6-7-21-3/h8,10,13,16H,1,4-7,9,11H2,2-3H3. The SMILES string of the molecule is C=C(CNC1CC1)Cn1ncc(N(C)CCOC)cc1=O. The van der Waals surface area contributed by atoms with Gasteiger partial charge in [0.1, 0.15) is 0 Å². The average Bonchev–Trinajstić information content (AvgIpc) is 3.29. The zero-order valence-electron chi connectivity index (χ0n) is 12.8. The summed E-state index contributed by atoms with van der Waals surface area (Å²) >= 11 is 0. The Kier molecular flexibility index (Phi) is 5.52. The average molecular weight is 292 g/mol. The minimum atomic E-state index is -0.107. The third-order valence-electron chi connectivity index (χ3n) is 3.52. The van der Waals surface area contributed by atoms with Crippen LogP contribution in [0.5, 0.6) is 0 Å². The number of ether oxygens (including phenoxy) is 1. The topological polar surface area (TPSA) is 59.4 Å². The van der Waals surface area contributed by atoms with Crippen LogP contribution in [-0.4, -0.2) is 49.7 Å². The molecule has 0 aromatic carbocycles. The van der Waals surface area contributed by atoms with Crippen molar-refractivity contribution in [3.8, 4) is 0 Å². The van der Waals surface area contributed by atoms with E-state index in [0.29, 0.717) is 19.2 Å². The monoisotopic (exact) mass is 292 g/mol. The molecular formula is C15H24N4O2. The first-order valence-corrected chi connectivity index (χ1v) is 7.27. The number of hydrogen-bond donors (Lipinski definition) is 1. The van der Waals surface area contributed by atoms with Gasteiger partial charge in [-0.25, -0.2) is 4.68 Å². The zero-order valence-corrected chi connectivity index (χ0v) is 12.8. The van der Waals surface area contributed by atoms with Gasteiger partial charge in [-0.2, -0.15) is 5.10 Å². The van der Waals surface area contributed by atoms with Gasteiger partial charge in [0.05, 0.1) is 25.0 Å². The Hall–Kier alpha value is -1.66. The molecule has 1 heterocycles. The van der Waals surface area contributed by atoms with Crippen molar-refractivity contribution < 1.29 is 4.74 Å². The lowest BCUT2D eigenvalue weighted by atomic mass is 10.3. The molecule has 0 saturated heterocycles. The fourth-order valence-electron chi connectivity index (χ4n) is 1.95. The summed E-state index contributed by atoms with van der Waals surface area (Å²) < 4.78 is 6.48. The highest BCUT2D eigenvalue weighted by Crippen LogP contribution is 2.18. The van der Waals surface area contributed by atoms with Gasteiger partial charge in [0.2, 0.25) is 0 Å². The Morgan fingerprint density at radius 1 is 1.62 bits per heavy atom. The molecule has 6 nitrogen and oxygen atoms in total. The van der Waals surface area contributed by atoms with Crippen LogP contribution in [0.2, 0.25) is 0 Å². The minimum absolute atomic E-state index is 0.107. The van der Waals surface area contributed by atoms with Crippen LogP contribution in [0.4, 0.5) is 5.69 Å². The van der Waals surface area contributed by atoms with E-state index < -0.39 is 0 Å². The van der Waals surface area contributed by atoms with Crippen LogP contribution in [0.1, 0.15) is 12.8 Å². The van der Waals surface area contributed by atoms with E-state index in [-0.39, 0.29) is 5.56 Å². The van der Waals surface area contributed by atoms with Crippen LogP contribution in [-0.2, 0) is 11.3 Å². The van der Waals surface area contributed by atoms with Gasteiger partial charge in [-0.15, -0.1) is 0 Å². The molecule has 2 rings (SSSR count). The lowest BCUT2D eigenvalue weighted by Gasteiger charge is -2.18. The summed E-state index contributed by atoms with van der Waals surface area (Å²) in [6, 6.07) is 2.24. The molecule has 116 valence electrons. The Labute approximate surface area is 125 Å². The highest BCUT2D eigenvalue weighted by atomic mass is 16.5. The summed E-state index contributed by atoms with van der Waals surface area (Å²) in [7, 11) is 3.57. The van der Waals surface area contributed by atoms with Gasteiger partial charge < -0.3 is 15.0 Å². The number of anilines is 1. The van der Waals surface area contributed by atoms with Crippen molar-refractivity contribution in [3.05, 3.63) is 34.8 Å². The predicted octanol–water partition coefficient (Wildman–Crippen LogP) is 0.634. The highest BCUT2D eigenvalue weighted by Gasteiger charge is 2.20. The lowest BCUT2D eigenvalue weighted by Crippen LogP contribution is -2.29. The molecule has 6 heteroatoms. The first-order chi connectivity index (χ1) is 10.1. The van der Waals surface area contributed by atoms with E-state index in [4.69, 9.17) is 4.74 Å². The van der Waals surface area contributed by atoms with E-state index in [0.717, 1.165) is 24.4 Å². The second-order valence-electron chi connectivity index (χ2n) is 5.53. The smallest absolute Gasteiger partial charge is 0.269 e. The van der Waals surface area contributed by atoms with E-state index in [9.17, 15) is 4.79 Å². The van der Waals surface area contributed by atoms with Crippen molar-refractivity contribution in [1.29, 1.82) is 0 Å². The van der Waals surface area contributed by atoms with E-state index in [2.05, 4.69) is 17.0 Å². The molecule has 1 aliphatic carbocycles. The van der Waals surface area contributed by atoms with Gasteiger partial charge in [0.15, 0.2) is 0 Å². The van der Waals surface area contributed by atoms with E-state index in [1.807, 2.05) is 11.9 Å². The fraction of sp³-hybridized carbons (Fsp3) is 0.600. The molecule has 1 N–H and O–H groups in total. The molecule has 1 aromatic heterocycles. The number of likely N-dealkylation sites (N-methyl/N-ethyl adjacent to an activating group) is 1. The number of aromatic nitrogens is 2. The molecule has 0 atom stereocenters. The summed E-state index contributed by atoms with van der Waals surface area (Å²) in [6.45, 7) is 6.54. The summed E-state index contributed by atoms with van der Waals surface area (Å²) in [5.41, 5.74) is 1.66. The first-order valence-electron chi connectivity index (χ1n) is 7.27. The highest BCUT2D eigenvalue weighted by molar-refractivity contribution is 5.41. The van der Waals surface area contributed by atoms with Crippen molar-refractivity contribution in [2.45, 2.75) is 25.4 Å². The number of methoxy groups -OCH3 is 1. The maximum Gasteiger partial charge on any atom is 0.269 e. The van der Waals surface area contributed by atoms with Crippen molar-refractivity contribution in [2.75, 3.05) is 38.8 Å². The quantitative estimate of drug-likeness (QED) is 0.677.